The highest BCUT2D eigenvalue weighted by Gasteiger charge is 2.27. The molecule has 0 N–H and O–H groups in total. The maximum absolute atomic E-state index is 13.7. The Morgan fingerprint density at radius 2 is 1.78 bits per heavy atom. The van der Waals surface area contributed by atoms with E-state index >= 15 is 0 Å². The van der Waals surface area contributed by atoms with Gasteiger partial charge in [-0.1, -0.05) is 44.2 Å². The number of hydrogen-bond acceptors (Lipinski definition) is 7. The summed E-state index contributed by atoms with van der Waals surface area (Å²) in [5.41, 5.74) is 1.02. The van der Waals surface area contributed by atoms with Crippen molar-refractivity contribution >= 4 is 54.2 Å². The van der Waals surface area contributed by atoms with Gasteiger partial charge in [-0.05, 0) is 49.7 Å². The molecule has 0 aliphatic heterocycles. The maximum atomic E-state index is 13.7. The highest BCUT2D eigenvalue weighted by Crippen LogP contribution is 2.33. The summed E-state index contributed by atoms with van der Waals surface area (Å²) in [6.07, 6.45) is 2.02. The molecular formula is C23H29N3O3S3. The third-order valence-electron chi connectivity index (χ3n) is 5.43. The van der Waals surface area contributed by atoms with E-state index in [0.717, 1.165) is 28.2 Å². The largest absolute Gasteiger partial charge is 0.302 e. The number of thioether (sulfide) groups is 1. The van der Waals surface area contributed by atoms with Crippen LogP contribution in [0.4, 0.5) is 5.13 Å². The minimum atomic E-state index is -3.54. The zero-order valence-electron chi connectivity index (χ0n) is 18.9. The minimum absolute atomic E-state index is 0.0602. The fourth-order valence-corrected chi connectivity index (χ4v) is 6.05. The SMILES string of the molecule is CCN(CC)CCN(C(=O)c1ccccc1S(=O)(=O)CC)c1nc2ccc(SC)cc2s1. The van der Waals surface area contributed by atoms with E-state index in [1.165, 1.54) is 17.4 Å². The average Bonchev–Trinajstić information content (AvgIpc) is 3.24. The molecule has 9 heteroatoms. The van der Waals surface area contributed by atoms with Crippen molar-refractivity contribution in [3.8, 4) is 0 Å². The second-order valence-electron chi connectivity index (χ2n) is 7.21. The van der Waals surface area contributed by atoms with Crippen molar-refractivity contribution in [3.05, 3.63) is 48.0 Å². The Kier molecular flexibility index (Phi) is 8.32. The molecule has 0 saturated carbocycles. The van der Waals surface area contributed by atoms with Gasteiger partial charge in [-0.15, -0.1) is 11.8 Å². The highest BCUT2D eigenvalue weighted by atomic mass is 32.2. The predicted molar refractivity (Wildman–Crippen MR) is 135 cm³/mol. The van der Waals surface area contributed by atoms with Gasteiger partial charge in [0.05, 0.1) is 26.4 Å². The number of carbonyl (C=O) groups is 1. The number of hydrogen-bond donors (Lipinski definition) is 0. The first kappa shape index (κ1) is 24.7. The van der Waals surface area contributed by atoms with Crippen LogP contribution in [0.15, 0.2) is 52.3 Å². The third-order valence-corrected chi connectivity index (χ3v) is 8.98. The molecule has 1 amide bonds. The summed E-state index contributed by atoms with van der Waals surface area (Å²) in [6.45, 7) is 8.60. The number of aromatic nitrogens is 1. The van der Waals surface area contributed by atoms with Crippen LogP contribution in [-0.4, -0.2) is 62.4 Å². The van der Waals surface area contributed by atoms with Crippen molar-refractivity contribution in [1.29, 1.82) is 0 Å². The monoisotopic (exact) mass is 491 g/mol. The molecular weight excluding hydrogens is 462 g/mol. The fourth-order valence-electron chi connectivity index (χ4n) is 3.42. The first-order valence-electron chi connectivity index (χ1n) is 10.6. The molecule has 0 radical (unpaired) electrons. The summed E-state index contributed by atoms with van der Waals surface area (Å²) in [6, 6.07) is 12.5. The van der Waals surface area contributed by atoms with E-state index in [9.17, 15) is 13.2 Å². The number of thiazole rings is 1. The van der Waals surface area contributed by atoms with Gasteiger partial charge in [-0.25, -0.2) is 13.4 Å². The Morgan fingerprint density at radius 1 is 1.06 bits per heavy atom. The fraction of sp³-hybridized carbons (Fsp3) is 0.391. The van der Waals surface area contributed by atoms with E-state index in [0.29, 0.717) is 18.2 Å². The van der Waals surface area contributed by atoms with Crippen molar-refractivity contribution in [2.24, 2.45) is 0 Å². The van der Waals surface area contributed by atoms with Crippen LogP contribution in [0.25, 0.3) is 10.2 Å². The number of carbonyl (C=O) groups excluding carboxylic acids is 1. The lowest BCUT2D eigenvalue weighted by Gasteiger charge is -2.25. The number of sulfone groups is 1. The molecule has 0 aliphatic carbocycles. The van der Waals surface area contributed by atoms with Gasteiger partial charge < -0.3 is 4.90 Å². The molecule has 1 heterocycles. The maximum Gasteiger partial charge on any atom is 0.261 e. The van der Waals surface area contributed by atoms with E-state index in [1.807, 2.05) is 18.4 Å². The molecule has 172 valence electrons. The standard InChI is InChI=1S/C23H29N3O3S3/c1-5-25(6-2)14-15-26(23-24-19-13-12-17(30-4)16-20(19)31-23)22(27)18-10-8-9-11-21(18)32(28,29)7-3/h8-13,16H,5-7,14-15H2,1-4H3. The quantitative estimate of drug-likeness (QED) is 0.380. The van der Waals surface area contributed by atoms with Crippen molar-refractivity contribution in [3.63, 3.8) is 0 Å². The topological polar surface area (TPSA) is 70.6 Å². The summed E-state index contributed by atoms with van der Waals surface area (Å²) in [4.78, 5) is 23.5. The van der Waals surface area contributed by atoms with Crippen molar-refractivity contribution in [2.45, 2.75) is 30.6 Å². The lowest BCUT2D eigenvalue weighted by Crippen LogP contribution is -2.39. The van der Waals surface area contributed by atoms with Gasteiger partial charge in [0, 0.05) is 18.0 Å². The van der Waals surface area contributed by atoms with Gasteiger partial charge in [0.25, 0.3) is 5.91 Å². The van der Waals surface area contributed by atoms with Crippen LogP contribution in [-0.2, 0) is 9.84 Å². The van der Waals surface area contributed by atoms with Gasteiger partial charge in [-0.2, -0.15) is 0 Å². The van der Waals surface area contributed by atoms with Crippen LogP contribution in [0, 0.1) is 0 Å². The van der Waals surface area contributed by atoms with Crippen LogP contribution in [0.2, 0.25) is 0 Å². The number of anilines is 1. The van der Waals surface area contributed by atoms with Gasteiger partial charge in [0.2, 0.25) is 0 Å². The molecule has 0 spiro atoms. The Hall–Kier alpha value is -1.94. The van der Waals surface area contributed by atoms with E-state index in [2.05, 4.69) is 24.8 Å². The van der Waals surface area contributed by atoms with Gasteiger partial charge in [0.15, 0.2) is 15.0 Å². The molecule has 0 aliphatic rings. The number of benzene rings is 2. The van der Waals surface area contributed by atoms with Crippen LogP contribution < -0.4 is 4.90 Å². The predicted octanol–water partition coefficient (Wildman–Crippen LogP) is 4.80. The third kappa shape index (κ3) is 5.33. The van der Waals surface area contributed by atoms with Crippen molar-refractivity contribution in [1.82, 2.24) is 9.88 Å². The molecule has 3 aromatic rings. The molecule has 0 fully saturated rings. The smallest absolute Gasteiger partial charge is 0.261 e. The number of rotatable bonds is 10. The minimum Gasteiger partial charge on any atom is -0.302 e. The van der Waals surface area contributed by atoms with E-state index in [4.69, 9.17) is 4.98 Å². The number of nitrogens with zero attached hydrogens (tertiary/aromatic N) is 3. The molecule has 32 heavy (non-hydrogen) atoms. The summed E-state index contributed by atoms with van der Waals surface area (Å²) in [7, 11) is -3.54. The molecule has 0 bridgehead atoms. The van der Waals surface area contributed by atoms with Gasteiger partial charge in [0.1, 0.15) is 0 Å². The Labute approximate surface area is 198 Å². The Morgan fingerprint density at radius 3 is 2.44 bits per heavy atom. The molecule has 1 aromatic heterocycles. The number of amides is 1. The van der Waals surface area contributed by atoms with Gasteiger partial charge in [-0.3, -0.25) is 9.69 Å². The number of likely N-dealkylation sites (N-methyl/N-ethyl adjacent to an activating group) is 1. The molecule has 2 aromatic carbocycles. The normalized spacial score (nSPS) is 11.9. The van der Waals surface area contributed by atoms with Gasteiger partial charge >= 0.3 is 0 Å². The van der Waals surface area contributed by atoms with Crippen LogP contribution >= 0.6 is 23.1 Å². The highest BCUT2D eigenvalue weighted by molar-refractivity contribution is 7.98. The first-order chi connectivity index (χ1) is 15.3. The van der Waals surface area contributed by atoms with Crippen LogP contribution in [0.1, 0.15) is 31.1 Å². The summed E-state index contributed by atoms with van der Waals surface area (Å²) in [5.74, 6) is -0.399. The summed E-state index contributed by atoms with van der Waals surface area (Å²) in [5, 5.41) is 0.583. The van der Waals surface area contributed by atoms with Crippen LogP contribution in [0.3, 0.4) is 0 Å². The molecule has 0 unspecified atom stereocenters. The lowest BCUT2D eigenvalue weighted by molar-refractivity contribution is 0.0980. The lowest BCUT2D eigenvalue weighted by atomic mass is 10.2. The molecule has 3 rings (SSSR count). The van der Waals surface area contributed by atoms with E-state index in [-0.39, 0.29) is 22.1 Å². The summed E-state index contributed by atoms with van der Waals surface area (Å²) < 4.78 is 26.3. The second kappa shape index (κ2) is 10.8. The van der Waals surface area contributed by atoms with Crippen LogP contribution in [0.5, 0.6) is 0 Å². The zero-order valence-corrected chi connectivity index (χ0v) is 21.3. The molecule has 0 atom stereocenters. The molecule has 6 nitrogen and oxygen atoms in total. The zero-order chi connectivity index (χ0) is 23.3. The Balaban J connectivity index is 2.07. The van der Waals surface area contributed by atoms with Crippen molar-refractivity contribution in [2.75, 3.05) is 43.1 Å². The molecule has 0 saturated heterocycles. The first-order valence-corrected chi connectivity index (χ1v) is 14.3. The van der Waals surface area contributed by atoms with E-state index in [1.54, 1.807) is 41.8 Å². The summed E-state index contributed by atoms with van der Waals surface area (Å²) >= 11 is 3.11. The van der Waals surface area contributed by atoms with E-state index < -0.39 is 9.84 Å². The van der Waals surface area contributed by atoms with Crippen molar-refractivity contribution < 1.29 is 13.2 Å². The number of fused-ring (bicyclic) bond motifs is 1. The second-order valence-corrected chi connectivity index (χ2v) is 11.3. The Bertz CT molecular complexity index is 1190. The average molecular weight is 492 g/mol.